The molecule has 3 rings (SSSR count). The molecule has 2 aromatic rings. The molecule has 1 aliphatic carbocycles. The van der Waals surface area contributed by atoms with Crippen LogP contribution in [0.1, 0.15) is 34.9 Å². The fourth-order valence-electron chi connectivity index (χ4n) is 3.13. The van der Waals surface area contributed by atoms with E-state index in [0.29, 0.717) is 18.6 Å². The molecule has 3 N–H and O–H groups in total. The molecule has 1 unspecified atom stereocenters. The van der Waals surface area contributed by atoms with E-state index in [1.54, 1.807) is 7.11 Å². The molecule has 0 saturated carbocycles. The van der Waals surface area contributed by atoms with Gasteiger partial charge in [-0.2, -0.15) is 0 Å². The Labute approximate surface area is 128 Å². The SMILES string of the molecule is COc1ccccc1C1C/C(=N/O)c2c(C)nc(N)nc2C1. The van der Waals surface area contributed by atoms with Crippen molar-refractivity contribution in [3.8, 4) is 5.75 Å². The van der Waals surface area contributed by atoms with Gasteiger partial charge in [0.15, 0.2) is 0 Å². The van der Waals surface area contributed by atoms with E-state index in [1.165, 1.54) is 0 Å². The van der Waals surface area contributed by atoms with E-state index in [-0.39, 0.29) is 11.9 Å². The van der Waals surface area contributed by atoms with Gasteiger partial charge in [0.1, 0.15) is 5.75 Å². The summed E-state index contributed by atoms with van der Waals surface area (Å²) in [6.45, 7) is 1.85. The van der Waals surface area contributed by atoms with Crippen molar-refractivity contribution in [1.82, 2.24) is 9.97 Å². The van der Waals surface area contributed by atoms with E-state index in [1.807, 2.05) is 31.2 Å². The topological polar surface area (TPSA) is 93.6 Å². The summed E-state index contributed by atoms with van der Waals surface area (Å²) in [6, 6.07) is 7.87. The Bertz CT molecular complexity index is 743. The van der Waals surface area contributed by atoms with Crippen LogP contribution >= 0.6 is 0 Å². The average molecular weight is 298 g/mol. The first-order chi connectivity index (χ1) is 10.6. The van der Waals surface area contributed by atoms with Gasteiger partial charge >= 0.3 is 0 Å². The van der Waals surface area contributed by atoms with Crippen LogP contribution in [0.25, 0.3) is 0 Å². The molecular weight excluding hydrogens is 280 g/mol. The van der Waals surface area contributed by atoms with E-state index in [2.05, 4.69) is 15.1 Å². The number of nitrogens with two attached hydrogens (primary N) is 1. The number of methoxy groups -OCH3 is 1. The second kappa shape index (κ2) is 5.63. The predicted octanol–water partition coefficient (Wildman–Crippen LogP) is 2.28. The van der Waals surface area contributed by atoms with E-state index >= 15 is 0 Å². The van der Waals surface area contributed by atoms with Crippen molar-refractivity contribution < 1.29 is 9.94 Å². The molecule has 0 spiro atoms. The van der Waals surface area contributed by atoms with Gasteiger partial charge < -0.3 is 15.7 Å². The Morgan fingerprint density at radius 2 is 2.05 bits per heavy atom. The van der Waals surface area contributed by atoms with E-state index < -0.39 is 0 Å². The van der Waals surface area contributed by atoms with Gasteiger partial charge in [-0.05, 0) is 30.9 Å². The van der Waals surface area contributed by atoms with Crippen LogP contribution in [0.15, 0.2) is 29.4 Å². The number of nitrogens with zero attached hydrogens (tertiary/aromatic N) is 3. The fourth-order valence-corrected chi connectivity index (χ4v) is 3.13. The summed E-state index contributed by atoms with van der Waals surface area (Å²) in [5.41, 5.74) is 9.80. The third-order valence-corrected chi connectivity index (χ3v) is 4.05. The number of ether oxygens (including phenoxy) is 1. The third kappa shape index (κ3) is 2.36. The van der Waals surface area contributed by atoms with Crippen LogP contribution < -0.4 is 10.5 Å². The molecule has 6 nitrogen and oxygen atoms in total. The zero-order chi connectivity index (χ0) is 15.7. The van der Waals surface area contributed by atoms with Crippen LogP contribution in [-0.2, 0) is 6.42 Å². The van der Waals surface area contributed by atoms with E-state index in [9.17, 15) is 5.21 Å². The summed E-state index contributed by atoms with van der Waals surface area (Å²) in [7, 11) is 1.65. The minimum absolute atomic E-state index is 0.128. The number of rotatable bonds is 2. The lowest BCUT2D eigenvalue weighted by Crippen LogP contribution is -2.24. The largest absolute Gasteiger partial charge is 0.496 e. The highest BCUT2D eigenvalue weighted by Crippen LogP contribution is 2.37. The van der Waals surface area contributed by atoms with Crippen molar-refractivity contribution in [3.63, 3.8) is 0 Å². The summed E-state index contributed by atoms with van der Waals surface area (Å²) in [5, 5.41) is 12.9. The molecule has 0 amide bonds. The van der Waals surface area contributed by atoms with E-state index in [0.717, 1.165) is 28.3 Å². The van der Waals surface area contributed by atoms with Crippen molar-refractivity contribution in [1.29, 1.82) is 0 Å². The lowest BCUT2D eigenvalue weighted by Gasteiger charge is -2.26. The van der Waals surface area contributed by atoms with Crippen LogP contribution in [0.5, 0.6) is 5.75 Å². The predicted molar refractivity (Wildman–Crippen MR) is 83.6 cm³/mol. The lowest BCUT2D eigenvalue weighted by atomic mass is 9.80. The highest BCUT2D eigenvalue weighted by atomic mass is 16.5. The van der Waals surface area contributed by atoms with Crippen molar-refractivity contribution in [3.05, 3.63) is 46.8 Å². The Hall–Kier alpha value is -2.63. The number of hydrogen-bond acceptors (Lipinski definition) is 6. The first-order valence-corrected chi connectivity index (χ1v) is 7.11. The standard InChI is InChI=1S/C16H18N4O2/c1-9-15-12(19-16(17)18-9)7-10(8-13(15)20-21)11-5-3-4-6-14(11)22-2/h3-6,10,21H,7-8H2,1-2H3,(H2,17,18,19)/b20-13-. The molecule has 1 atom stereocenters. The maximum atomic E-state index is 9.39. The minimum atomic E-state index is 0.128. The van der Waals surface area contributed by atoms with Crippen LogP contribution in [0.3, 0.4) is 0 Å². The quantitative estimate of drug-likeness (QED) is 0.655. The molecule has 0 fully saturated rings. The second-order valence-electron chi connectivity index (χ2n) is 5.38. The molecule has 1 aromatic heterocycles. The number of para-hydroxylation sites is 1. The maximum absolute atomic E-state index is 9.39. The van der Waals surface area contributed by atoms with Crippen LogP contribution in [0.2, 0.25) is 0 Å². The molecule has 0 saturated heterocycles. The number of anilines is 1. The fraction of sp³-hybridized carbons (Fsp3) is 0.312. The van der Waals surface area contributed by atoms with Crippen molar-refractivity contribution in [2.75, 3.05) is 12.8 Å². The molecule has 1 aromatic carbocycles. The molecule has 6 heteroatoms. The number of benzene rings is 1. The molecule has 1 heterocycles. The lowest BCUT2D eigenvalue weighted by molar-refractivity contribution is 0.316. The highest BCUT2D eigenvalue weighted by molar-refractivity contribution is 6.03. The van der Waals surface area contributed by atoms with Crippen molar-refractivity contribution >= 4 is 11.7 Å². The highest BCUT2D eigenvalue weighted by Gasteiger charge is 2.30. The van der Waals surface area contributed by atoms with Gasteiger partial charge in [-0.3, -0.25) is 0 Å². The average Bonchev–Trinajstić information content (AvgIpc) is 2.53. The molecular formula is C16H18N4O2. The number of hydrogen-bond donors (Lipinski definition) is 2. The summed E-state index contributed by atoms with van der Waals surface area (Å²) in [5.74, 6) is 1.20. The van der Waals surface area contributed by atoms with Crippen LogP contribution in [0, 0.1) is 6.92 Å². The first-order valence-electron chi connectivity index (χ1n) is 7.11. The Balaban J connectivity index is 2.08. The summed E-state index contributed by atoms with van der Waals surface area (Å²) < 4.78 is 5.44. The smallest absolute Gasteiger partial charge is 0.220 e. The summed E-state index contributed by atoms with van der Waals surface area (Å²) >= 11 is 0. The Morgan fingerprint density at radius 3 is 2.77 bits per heavy atom. The Morgan fingerprint density at radius 1 is 1.27 bits per heavy atom. The van der Waals surface area contributed by atoms with Gasteiger partial charge in [-0.25, -0.2) is 9.97 Å². The normalized spacial score (nSPS) is 19.0. The summed E-state index contributed by atoms with van der Waals surface area (Å²) in [4.78, 5) is 8.50. The zero-order valence-electron chi connectivity index (χ0n) is 12.6. The Kier molecular flexibility index (Phi) is 3.66. The van der Waals surface area contributed by atoms with Crippen LogP contribution in [-0.4, -0.2) is 28.0 Å². The van der Waals surface area contributed by atoms with Crippen molar-refractivity contribution in [2.24, 2.45) is 5.16 Å². The molecule has 1 aliphatic rings. The van der Waals surface area contributed by atoms with Gasteiger partial charge in [-0.15, -0.1) is 0 Å². The number of fused-ring (bicyclic) bond motifs is 1. The molecule has 0 radical (unpaired) electrons. The van der Waals surface area contributed by atoms with Gasteiger partial charge in [0, 0.05) is 12.0 Å². The molecule has 22 heavy (non-hydrogen) atoms. The molecule has 0 bridgehead atoms. The number of oxime groups is 1. The zero-order valence-corrected chi connectivity index (χ0v) is 12.6. The first kappa shape index (κ1) is 14.3. The molecule has 114 valence electrons. The number of nitrogen functional groups attached to an aromatic ring is 1. The van der Waals surface area contributed by atoms with Gasteiger partial charge in [-0.1, -0.05) is 23.4 Å². The monoisotopic (exact) mass is 298 g/mol. The second-order valence-corrected chi connectivity index (χ2v) is 5.38. The summed E-state index contributed by atoms with van der Waals surface area (Å²) in [6.07, 6.45) is 1.32. The number of aryl methyl sites for hydroxylation is 1. The van der Waals surface area contributed by atoms with Gasteiger partial charge in [0.25, 0.3) is 0 Å². The minimum Gasteiger partial charge on any atom is -0.496 e. The maximum Gasteiger partial charge on any atom is 0.220 e. The van der Waals surface area contributed by atoms with Gasteiger partial charge in [0.05, 0.1) is 24.2 Å². The van der Waals surface area contributed by atoms with E-state index in [4.69, 9.17) is 10.5 Å². The van der Waals surface area contributed by atoms with Gasteiger partial charge in [0.2, 0.25) is 5.95 Å². The third-order valence-electron chi connectivity index (χ3n) is 4.05. The van der Waals surface area contributed by atoms with Crippen molar-refractivity contribution in [2.45, 2.75) is 25.7 Å². The van der Waals surface area contributed by atoms with Crippen LogP contribution in [0.4, 0.5) is 5.95 Å². The molecule has 0 aliphatic heterocycles. The number of aromatic nitrogens is 2.